The van der Waals surface area contributed by atoms with Crippen molar-refractivity contribution in [3.8, 4) is 0 Å². The summed E-state index contributed by atoms with van der Waals surface area (Å²) in [5.74, 6) is -0.534. The molecule has 2 amide bonds. The molecule has 0 aromatic heterocycles. The molecular formula is C22H22Br2N2O4S. The van der Waals surface area contributed by atoms with Crippen LogP contribution in [-0.4, -0.2) is 32.5 Å². The van der Waals surface area contributed by atoms with Crippen molar-refractivity contribution in [3.63, 3.8) is 0 Å². The van der Waals surface area contributed by atoms with E-state index in [0.717, 1.165) is 28.4 Å². The smallest absolute Gasteiger partial charge is 0.230 e. The molecule has 1 saturated carbocycles. The van der Waals surface area contributed by atoms with E-state index < -0.39 is 9.84 Å². The van der Waals surface area contributed by atoms with Crippen LogP contribution in [0, 0.1) is 12.8 Å². The maximum Gasteiger partial charge on any atom is 0.230 e. The maximum absolute atomic E-state index is 13.0. The number of sulfone groups is 1. The fourth-order valence-electron chi connectivity index (χ4n) is 3.72. The highest BCUT2D eigenvalue weighted by Crippen LogP contribution is 2.39. The number of nitrogens with zero attached hydrogens (tertiary/aromatic N) is 1. The van der Waals surface area contributed by atoms with Crippen molar-refractivity contribution < 1.29 is 18.0 Å². The summed E-state index contributed by atoms with van der Waals surface area (Å²) in [4.78, 5) is 26.8. The zero-order valence-corrected chi connectivity index (χ0v) is 20.9. The highest BCUT2D eigenvalue weighted by Gasteiger charge is 2.37. The van der Waals surface area contributed by atoms with Crippen molar-refractivity contribution in [1.29, 1.82) is 0 Å². The SMILES string of the molecule is Cc1cc(Br)ccc1NC(=O)CCS(=O)(=O)c1cc2c(cc1Br)CCN2C(=O)C1CC1. The van der Waals surface area contributed by atoms with Crippen LogP contribution in [0.2, 0.25) is 0 Å². The lowest BCUT2D eigenvalue weighted by Gasteiger charge is -2.18. The summed E-state index contributed by atoms with van der Waals surface area (Å²) in [6, 6.07) is 8.83. The monoisotopic (exact) mass is 568 g/mol. The van der Waals surface area contributed by atoms with Crippen molar-refractivity contribution >= 4 is 64.9 Å². The van der Waals surface area contributed by atoms with Crippen molar-refractivity contribution in [2.75, 3.05) is 22.5 Å². The molecule has 31 heavy (non-hydrogen) atoms. The van der Waals surface area contributed by atoms with Crippen LogP contribution in [0.25, 0.3) is 0 Å². The Morgan fingerprint density at radius 3 is 2.58 bits per heavy atom. The molecule has 1 fully saturated rings. The Balaban J connectivity index is 1.49. The van der Waals surface area contributed by atoms with E-state index in [1.807, 2.05) is 19.1 Å². The van der Waals surface area contributed by atoms with E-state index >= 15 is 0 Å². The van der Waals surface area contributed by atoms with Crippen molar-refractivity contribution in [2.24, 2.45) is 5.92 Å². The van der Waals surface area contributed by atoms with Gasteiger partial charge in [0.05, 0.1) is 10.6 Å². The molecule has 0 bridgehead atoms. The van der Waals surface area contributed by atoms with Crippen molar-refractivity contribution in [2.45, 2.75) is 37.5 Å². The summed E-state index contributed by atoms with van der Waals surface area (Å²) in [5, 5.41) is 2.77. The molecule has 164 valence electrons. The average Bonchev–Trinajstić information content (AvgIpc) is 3.48. The Bertz CT molecular complexity index is 1180. The predicted octanol–water partition coefficient (Wildman–Crippen LogP) is 4.62. The topological polar surface area (TPSA) is 83.6 Å². The van der Waals surface area contributed by atoms with Gasteiger partial charge in [0.25, 0.3) is 0 Å². The van der Waals surface area contributed by atoms with E-state index in [2.05, 4.69) is 37.2 Å². The number of carbonyl (C=O) groups is 2. The maximum atomic E-state index is 13.0. The molecule has 0 atom stereocenters. The summed E-state index contributed by atoms with van der Waals surface area (Å²) in [6.45, 7) is 2.45. The standard InChI is InChI=1S/C22H22Br2N2O4S/c1-13-10-16(23)4-5-18(13)25-21(27)7-9-31(29,30)20-12-19-15(11-17(20)24)6-8-26(19)22(28)14-2-3-14/h4-5,10-12,14H,2-3,6-9H2,1H3,(H,25,27). The van der Waals surface area contributed by atoms with Crippen LogP contribution in [0.3, 0.4) is 0 Å². The van der Waals surface area contributed by atoms with Gasteiger partial charge in [0.2, 0.25) is 11.8 Å². The number of fused-ring (bicyclic) bond motifs is 1. The first-order chi connectivity index (χ1) is 14.7. The largest absolute Gasteiger partial charge is 0.326 e. The van der Waals surface area contributed by atoms with Gasteiger partial charge in [0.15, 0.2) is 9.84 Å². The number of rotatable bonds is 6. The first kappa shape index (κ1) is 22.5. The quantitative estimate of drug-likeness (QED) is 0.550. The van der Waals surface area contributed by atoms with Crippen LogP contribution in [-0.2, 0) is 25.8 Å². The van der Waals surface area contributed by atoms with Gasteiger partial charge >= 0.3 is 0 Å². The number of hydrogen-bond acceptors (Lipinski definition) is 4. The molecule has 2 aromatic carbocycles. The molecule has 1 aliphatic heterocycles. The second-order valence-electron chi connectivity index (χ2n) is 8.00. The van der Waals surface area contributed by atoms with Crippen LogP contribution in [0.5, 0.6) is 0 Å². The number of nitrogens with one attached hydrogen (secondary N) is 1. The fourth-order valence-corrected chi connectivity index (χ4v) is 6.65. The summed E-state index contributed by atoms with van der Waals surface area (Å²) in [6.07, 6.45) is 2.35. The van der Waals surface area contributed by atoms with Crippen LogP contribution >= 0.6 is 31.9 Å². The molecule has 6 nitrogen and oxygen atoms in total. The second-order valence-corrected chi connectivity index (χ2v) is 11.8. The van der Waals surface area contributed by atoms with Crippen LogP contribution < -0.4 is 10.2 Å². The number of hydrogen-bond donors (Lipinski definition) is 1. The first-order valence-electron chi connectivity index (χ1n) is 10.1. The van der Waals surface area contributed by atoms with E-state index in [0.29, 0.717) is 28.8 Å². The van der Waals surface area contributed by atoms with Crippen molar-refractivity contribution in [3.05, 3.63) is 50.4 Å². The van der Waals surface area contributed by atoms with Gasteiger partial charge in [-0.3, -0.25) is 9.59 Å². The summed E-state index contributed by atoms with van der Waals surface area (Å²) in [7, 11) is -3.72. The normalized spacial score (nSPS) is 15.6. The summed E-state index contributed by atoms with van der Waals surface area (Å²) < 4.78 is 27.4. The Hall–Kier alpha value is -1.71. The van der Waals surface area contributed by atoms with Gasteiger partial charge in [-0.05, 0) is 83.6 Å². The summed E-state index contributed by atoms with van der Waals surface area (Å²) in [5.41, 5.74) is 3.17. The van der Waals surface area contributed by atoms with Gasteiger partial charge < -0.3 is 10.2 Å². The first-order valence-corrected chi connectivity index (χ1v) is 13.3. The molecule has 0 radical (unpaired) electrons. The molecule has 2 aromatic rings. The Labute approximate surface area is 198 Å². The van der Waals surface area contributed by atoms with Gasteiger partial charge in [0, 0.05) is 39.2 Å². The lowest BCUT2D eigenvalue weighted by Crippen LogP contribution is -2.30. The number of halogens is 2. The van der Waals surface area contributed by atoms with Crippen LogP contribution in [0.4, 0.5) is 11.4 Å². The molecule has 2 aliphatic rings. The van der Waals surface area contributed by atoms with E-state index in [1.165, 1.54) is 0 Å². The highest BCUT2D eigenvalue weighted by atomic mass is 79.9. The minimum atomic E-state index is -3.72. The van der Waals surface area contributed by atoms with Gasteiger partial charge in [0.1, 0.15) is 0 Å². The predicted molar refractivity (Wildman–Crippen MR) is 127 cm³/mol. The lowest BCUT2D eigenvalue weighted by molar-refractivity contribution is -0.119. The third kappa shape index (κ3) is 4.88. The van der Waals surface area contributed by atoms with E-state index in [1.54, 1.807) is 23.1 Å². The Kier molecular flexibility index (Phi) is 6.29. The van der Waals surface area contributed by atoms with E-state index in [-0.39, 0.29) is 34.8 Å². The molecule has 0 saturated heterocycles. The van der Waals surface area contributed by atoms with E-state index in [9.17, 15) is 18.0 Å². The van der Waals surface area contributed by atoms with Gasteiger partial charge in [-0.15, -0.1) is 0 Å². The third-order valence-electron chi connectivity index (χ3n) is 5.62. The molecule has 9 heteroatoms. The molecule has 1 aliphatic carbocycles. The van der Waals surface area contributed by atoms with E-state index in [4.69, 9.17) is 0 Å². The molecule has 1 N–H and O–H groups in total. The number of benzene rings is 2. The minimum Gasteiger partial charge on any atom is -0.326 e. The van der Waals surface area contributed by atoms with Gasteiger partial charge in [-0.25, -0.2) is 8.42 Å². The Morgan fingerprint density at radius 2 is 1.90 bits per heavy atom. The zero-order chi connectivity index (χ0) is 22.3. The molecule has 1 heterocycles. The fraction of sp³-hybridized carbons (Fsp3) is 0.364. The molecule has 0 unspecified atom stereocenters. The third-order valence-corrected chi connectivity index (χ3v) is 8.78. The summed E-state index contributed by atoms with van der Waals surface area (Å²) >= 11 is 6.75. The van der Waals surface area contributed by atoms with Crippen molar-refractivity contribution in [1.82, 2.24) is 0 Å². The molecule has 0 spiro atoms. The lowest BCUT2D eigenvalue weighted by atomic mass is 10.2. The van der Waals surface area contributed by atoms with Crippen LogP contribution in [0.1, 0.15) is 30.4 Å². The average molecular weight is 570 g/mol. The minimum absolute atomic E-state index is 0.0698. The van der Waals surface area contributed by atoms with Gasteiger partial charge in [-0.1, -0.05) is 15.9 Å². The molecule has 4 rings (SSSR count). The number of aryl methyl sites for hydroxylation is 1. The zero-order valence-electron chi connectivity index (χ0n) is 17.0. The van der Waals surface area contributed by atoms with Crippen LogP contribution in [0.15, 0.2) is 44.2 Å². The highest BCUT2D eigenvalue weighted by molar-refractivity contribution is 9.10. The second kappa shape index (κ2) is 8.67. The number of carbonyl (C=O) groups excluding carboxylic acids is 2. The molecular weight excluding hydrogens is 548 g/mol. The number of amides is 2. The van der Waals surface area contributed by atoms with Gasteiger partial charge in [-0.2, -0.15) is 0 Å². The number of anilines is 2. The Morgan fingerprint density at radius 1 is 1.16 bits per heavy atom.